The maximum atomic E-state index is 12.1. The quantitative estimate of drug-likeness (QED) is 0.780. The fraction of sp³-hybridized carbons (Fsp3) is 0.167. The van der Waals surface area contributed by atoms with Gasteiger partial charge < -0.3 is 14.6 Å². The van der Waals surface area contributed by atoms with E-state index in [1.807, 2.05) is 43.3 Å². The van der Waals surface area contributed by atoms with Crippen LogP contribution in [0.1, 0.15) is 11.3 Å². The van der Waals surface area contributed by atoms with Crippen LogP contribution in [-0.2, 0) is 11.2 Å². The Kier molecular flexibility index (Phi) is 4.56. The van der Waals surface area contributed by atoms with Crippen LogP contribution in [-0.4, -0.2) is 23.2 Å². The van der Waals surface area contributed by atoms with Crippen molar-refractivity contribution >= 4 is 11.7 Å². The number of amides is 1. The van der Waals surface area contributed by atoms with Crippen LogP contribution in [0.5, 0.6) is 5.75 Å². The maximum Gasteiger partial charge on any atom is 0.231 e. The summed E-state index contributed by atoms with van der Waals surface area (Å²) in [5.41, 5.74) is 2.46. The van der Waals surface area contributed by atoms with Crippen molar-refractivity contribution in [3.05, 3.63) is 59.9 Å². The molecule has 6 nitrogen and oxygen atoms in total. The standard InChI is InChI=1S/C18H17N3O3/c1-12-7-8-19-17(9-12)20-18(22)11-14-10-16(24-21-14)13-3-5-15(23-2)6-4-13/h3-10H,11H2,1-2H3,(H,19,20,22). The minimum absolute atomic E-state index is 0.120. The monoisotopic (exact) mass is 323 g/mol. The van der Waals surface area contributed by atoms with Crippen molar-refractivity contribution in [2.45, 2.75) is 13.3 Å². The van der Waals surface area contributed by atoms with Gasteiger partial charge in [0.1, 0.15) is 11.6 Å². The molecule has 0 radical (unpaired) electrons. The van der Waals surface area contributed by atoms with Crippen molar-refractivity contribution in [3.8, 4) is 17.1 Å². The van der Waals surface area contributed by atoms with E-state index in [-0.39, 0.29) is 12.3 Å². The second-order valence-corrected chi connectivity index (χ2v) is 5.35. The Bertz CT molecular complexity index is 841. The first kappa shape index (κ1) is 15.7. The fourth-order valence-corrected chi connectivity index (χ4v) is 2.24. The third-order valence-corrected chi connectivity index (χ3v) is 3.46. The number of anilines is 1. The zero-order chi connectivity index (χ0) is 16.9. The van der Waals surface area contributed by atoms with E-state index in [1.165, 1.54) is 0 Å². The highest BCUT2D eigenvalue weighted by Gasteiger charge is 2.11. The number of rotatable bonds is 5. The van der Waals surface area contributed by atoms with Crippen LogP contribution in [0.2, 0.25) is 0 Å². The second kappa shape index (κ2) is 6.95. The molecule has 1 N–H and O–H groups in total. The van der Waals surface area contributed by atoms with Crippen LogP contribution in [0.15, 0.2) is 53.2 Å². The molecular weight excluding hydrogens is 306 g/mol. The number of hydrogen-bond acceptors (Lipinski definition) is 5. The summed E-state index contributed by atoms with van der Waals surface area (Å²) in [6.07, 6.45) is 1.78. The number of aromatic nitrogens is 2. The first-order chi connectivity index (χ1) is 11.6. The van der Waals surface area contributed by atoms with Gasteiger partial charge in [-0.2, -0.15) is 0 Å². The van der Waals surface area contributed by atoms with Crippen molar-refractivity contribution in [2.75, 3.05) is 12.4 Å². The number of benzene rings is 1. The molecule has 3 rings (SSSR count). The number of nitrogens with zero attached hydrogens (tertiary/aromatic N) is 2. The molecule has 2 aromatic heterocycles. The first-order valence-corrected chi connectivity index (χ1v) is 7.46. The number of carbonyl (C=O) groups excluding carboxylic acids is 1. The predicted molar refractivity (Wildman–Crippen MR) is 89.8 cm³/mol. The molecule has 1 amide bonds. The molecule has 6 heteroatoms. The van der Waals surface area contributed by atoms with E-state index < -0.39 is 0 Å². The normalized spacial score (nSPS) is 10.4. The van der Waals surface area contributed by atoms with Crippen LogP contribution < -0.4 is 10.1 Å². The highest BCUT2D eigenvalue weighted by atomic mass is 16.5. The Morgan fingerprint density at radius 2 is 2.00 bits per heavy atom. The zero-order valence-electron chi connectivity index (χ0n) is 13.4. The molecule has 0 aliphatic rings. The van der Waals surface area contributed by atoms with E-state index in [0.29, 0.717) is 17.3 Å². The van der Waals surface area contributed by atoms with Gasteiger partial charge in [0.05, 0.1) is 19.2 Å². The molecule has 0 saturated carbocycles. The van der Waals surface area contributed by atoms with Gasteiger partial charge in [0.2, 0.25) is 5.91 Å². The lowest BCUT2D eigenvalue weighted by molar-refractivity contribution is -0.115. The molecular formula is C18H17N3O3. The SMILES string of the molecule is COc1ccc(-c2cc(CC(=O)Nc3cc(C)ccn3)no2)cc1. The van der Waals surface area contributed by atoms with E-state index in [2.05, 4.69) is 15.5 Å². The van der Waals surface area contributed by atoms with Crippen LogP contribution in [0.3, 0.4) is 0 Å². The van der Waals surface area contributed by atoms with E-state index in [4.69, 9.17) is 9.26 Å². The Balaban J connectivity index is 1.65. The highest BCUT2D eigenvalue weighted by molar-refractivity contribution is 5.91. The van der Waals surface area contributed by atoms with Crippen molar-refractivity contribution in [1.29, 1.82) is 0 Å². The summed E-state index contributed by atoms with van der Waals surface area (Å²) in [7, 11) is 1.61. The van der Waals surface area contributed by atoms with E-state index in [9.17, 15) is 4.79 Å². The molecule has 0 atom stereocenters. The van der Waals surface area contributed by atoms with Crippen molar-refractivity contribution < 1.29 is 14.1 Å². The number of methoxy groups -OCH3 is 1. The minimum atomic E-state index is -0.192. The Morgan fingerprint density at radius 1 is 1.21 bits per heavy atom. The van der Waals surface area contributed by atoms with Crippen LogP contribution >= 0.6 is 0 Å². The molecule has 3 aromatic rings. The topological polar surface area (TPSA) is 77.2 Å². The molecule has 0 aliphatic carbocycles. The Labute approximate surface area is 139 Å². The number of pyridine rings is 1. The summed E-state index contributed by atoms with van der Waals surface area (Å²) < 4.78 is 10.4. The summed E-state index contributed by atoms with van der Waals surface area (Å²) in [4.78, 5) is 16.2. The molecule has 122 valence electrons. The lowest BCUT2D eigenvalue weighted by Crippen LogP contribution is -2.15. The summed E-state index contributed by atoms with van der Waals surface area (Å²) >= 11 is 0. The van der Waals surface area contributed by atoms with Crippen LogP contribution in [0, 0.1) is 6.92 Å². The molecule has 0 aliphatic heterocycles. The number of hydrogen-bond donors (Lipinski definition) is 1. The molecule has 0 bridgehead atoms. The summed E-state index contributed by atoms with van der Waals surface area (Å²) in [5.74, 6) is 1.71. The average Bonchev–Trinajstić information content (AvgIpc) is 3.03. The zero-order valence-corrected chi connectivity index (χ0v) is 13.4. The predicted octanol–water partition coefficient (Wildman–Crippen LogP) is 3.23. The summed E-state index contributed by atoms with van der Waals surface area (Å²) in [6.45, 7) is 1.94. The first-order valence-electron chi connectivity index (χ1n) is 7.46. The minimum Gasteiger partial charge on any atom is -0.497 e. The Morgan fingerprint density at radius 3 is 2.71 bits per heavy atom. The average molecular weight is 323 g/mol. The van der Waals surface area contributed by atoms with Crippen molar-refractivity contribution in [2.24, 2.45) is 0 Å². The van der Waals surface area contributed by atoms with E-state index in [1.54, 1.807) is 19.4 Å². The molecule has 1 aromatic carbocycles. The fourth-order valence-electron chi connectivity index (χ4n) is 2.24. The number of nitrogens with one attached hydrogen (secondary N) is 1. The molecule has 0 saturated heterocycles. The Hall–Kier alpha value is -3.15. The van der Waals surface area contributed by atoms with Crippen LogP contribution in [0.25, 0.3) is 11.3 Å². The molecule has 2 heterocycles. The van der Waals surface area contributed by atoms with Gasteiger partial charge in [-0.25, -0.2) is 4.98 Å². The van der Waals surface area contributed by atoms with Gasteiger partial charge in [-0.05, 0) is 48.9 Å². The maximum absolute atomic E-state index is 12.1. The number of aryl methyl sites for hydroxylation is 1. The van der Waals surface area contributed by atoms with Gasteiger partial charge in [-0.3, -0.25) is 4.79 Å². The molecule has 0 spiro atoms. The van der Waals surface area contributed by atoms with Gasteiger partial charge in [-0.1, -0.05) is 5.16 Å². The van der Waals surface area contributed by atoms with Crippen molar-refractivity contribution in [1.82, 2.24) is 10.1 Å². The number of ether oxygens (including phenoxy) is 1. The number of carbonyl (C=O) groups is 1. The third kappa shape index (κ3) is 3.78. The third-order valence-electron chi connectivity index (χ3n) is 3.46. The smallest absolute Gasteiger partial charge is 0.231 e. The van der Waals surface area contributed by atoms with Gasteiger partial charge in [0.25, 0.3) is 0 Å². The van der Waals surface area contributed by atoms with Gasteiger partial charge in [0, 0.05) is 17.8 Å². The van der Waals surface area contributed by atoms with Gasteiger partial charge in [0.15, 0.2) is 5.76 Å². The van der Waals surface area contributed by atoms with Gasteiger partial charge in [-0.15, -0.1) is 0 Å². The molecule has 0 unspecified atom stereocenters. The molecule has 0 fully saturated rings. The lowest BCUT2D eigenvalue weighted by atomic mass is 10.1. The largest absolute Gasteiger partial charge is 0.497 e. The van der Waals surface area contributed by atoms with Crippen molar-refractivity contribution in [3.63, 3.8) is 0 Å². The second-order valence-electron chi connectivity index (χ2n) is 5.35. The van der Waals surface area contributed by atoms with Gasteiger partial charge >= 0.3 is 0 Å². The van der Waals surface area contributed by atoms with E-state index >= 15 is 0 Å². The van der Waals surface area contributed by atoms with E-state index in [0.717, 1.165) is 16.9 Å². The summed E-state index contributed by atoms with van der Waals surface area (Å²) in [6, 6.07) is 12.9. The summed E-state index contributed by atoms with van der Waals surface area (Å²) in [5, 5.41) is 6.69. The molecule has 24 heavy (non-hydrogen) atoms. The van der Waals surface area contributed by atoms with Crippen LogP contribution in [0.4, 0.5) is 5.82 Å². The highest BCUT2D eigenvalue weighted by Crippen LogP contribution is 2.23. The lowest BCUT2D eigenvalue weighted by Gasteiger charge is -2.03.